The molecule has 1 amide bonds. The van der Waals surface area contributed by atoms with Crippen LogP contribution in [0, 0.1) is 12.7 Å². The minimum atomic E-state index is -0.295. The summed E-state index contributed by atoms with van der Waals surface area (Å²) in [6.45, 7) is 4.08. The molecule has 0 spiro atoms. The molecule has 0 bridgehead atoms. The minimum Gasteiger partial charge on any atom is -0.352 e. The lowest BCUT2D eigenvalue weighted by Crippen LogP contribution is -2.27. The van der Waals surface area contributed by atoms with Gasteiger partial charge in [-0.1, -0.05) is 30.7 Å². The number of carbonyl (C=O) groups excluding carboxylic acids is 1. The zero-order chi connectivity index (χ0) is 18.7. The Kier molecular flexibility index (Phi) is 5.16. The molecule has 0 aliphatic carbocycles. The summed E-state index contributed by atoms with van der Waals surface area (Å²) in [5.41, 5.74) is 3.10. The number of fused-ring (bicyclic) bond motifs is 1. The first kappa shape index (κ1) is 17.9. The van der Waals surface area contributed by atoms with Gasteiger partial charge in [0.25, 0.3) is 5.56 Å². The second-order valence-corrected chi connectivity index (χ2v) is 6.65. The highest BCUT2D eigenvalue weighted by Gasteiger charge is 2.12. The van der Waals surface area contributed by atoms with Crippen molar-refractivity contribution in [3.05, 3.63) is 81.4 Å². The van der Waals surface area contributed by atoms with Crippen molar-refractivity contribution in [3.8, 4) is 0 Å². The number of halogens is 1. The van der Waals surface area contributed by atoms with E-state index in [9.17, 15) is 14.0 Å². The molecule has 0 aliphatic heterocycles. The van der Waals surface area contributed by atoms with Crippen LogP contribution in [0.4, 0.5) is 4.39 Å². The van der Waals surface area contributed by atoms with Crippen LogP contribution in [0.25, 0.3) is 10.9 Å². The number of aromatic amines is 1. The monoisotopic (exact) mass is 352 g/mol. The number of aryl methyl sites for hydroxylation is 1. The first-order valence-electron chi connectivity index (χ1n) is 8.57. The van der Waals surface area contributed by atoms with Crippen molar-refractivity contribution in [2.24, 2.45) is 0 Å². The van der Waals surface area contributed by atoms with Gasteiger partial charge in [-0.3, -0.25) is 9.59 Å². The van der Waals surface area contributed by atoms with Gasteiger partial charge in [-0.25, -0.2) is 4.39 Å². The van der Waals surface area contributed by atoms with Crippen molar-refractivity contribution in [1.82, 2.24) is 10.3 Å². The Morgan fingerprint density at radius 3 is 2.62 bits per heavy atom. The summed E-state index contributed by atoms with van der Waals surface area (Å²) in [7, 11) is 0. The number of aromatic nitrogens is 1. The number of amides is 1. The first-order valence-corrected chi connectivity index (χ1v) is 8.57. The molecule has 1 heterocycles. The standard InChI is InChI=1S/C21H21FN2O2/c1-13-3-8-19-16(9-13)11-17(21(26)24-19)12-23-20(25)10-14(2)15-4-6-18(22)7-5-15/h3-9,11,14H,10,12H2,1-2H3,(H,23,25)(H,24,26). The summed E-state index contributed by atoms with van der Waals surface area (Å²) >= 11 is 0. The molecule has 0 radical (unpaired) electrons. The second-order valence-electron chi connectivity index (χ2n) is 6.65. The molecule has 2 N–H and O–H groups in total. The highest BCUT2D eigenvalue weighted by atomic mass is 19.1. The van der Waals surface area contributed by atoms with Crippen LogP contribution in [-0.4, -0.2) is 10.9 Å². The van der Waals surface area contributed by atoms with Gasteiger partial charge < -0.3 is 10.3 Å². The van der Waals surface area contributed by atoms with Crippen LogP contribution in [0.1, 0.15) is 36.0 Å². The molecule has 1 atom stereocenters. The van der Waals surface area contributed by atoms with Crippen molar-refractivity contribution in [2.75, 3.05) is 0 Å². The molecular weight excluding hydrogens is 331 g/mol. The molecule has 3 rings (SSSR count). The van der Waals surface area contributed by atoms with Crippen LogP contribution >= 0.6 is 0 Å². The minimum absolute atomic E-state index is 0.0341. The van der Waals surface area contributed by atoms with Crippen LogP contribution in [0.2, 0.25) is 0 Å². The number of pyridine rings is 1. The highest BCUT2D eigenvalue weighted by Crippen LogP contribution is 2.19. The maximum atomic E-state index is 13.0. The highest BCUT2D eigenvalue weighted by molar-refractivity contribution is 5.80. The van der Waals surface area contributed by atoms with Crippen molar-refractivity contribution < 1.29 is 9.18 Å². The second kappa shape index (κ2) is 7.52. The molecule has 1 aromatic heterocycles. The van der Waals surface area contributed by atoms with E-state index in [1.54, 1.807) is 12.1 Å². The predicted molar refractivity (Wildman–Crippen MR) is 101 cm³/mol. The lowest BCUT2D eigenvalue weighted by atomic mass is 9.97. The molecule has 1 unspecified atom stereocenters. The molecular formula is C21H21FN2O2. The molecule has 3 aromatic rings. The molecule has 2 aromatic carbocycles. The molecule has 134 valence electrons. The molecule has 0 fully saturated rings. The number of hydrogen-bond donors (Lipinski definition) is 2. The van der Waals surface area contributed by atoms with Crippen molar-refractivity contribution in [1.29, 1.82) is 0 Å². The molecule has 5 heteroatoms. The zero-order valence-electron chi connectivity index (χ0n) is 14.8. The Bertz CT molecular complexity index is 993. The van der Waals surface area contributed by atoms with Crippen molar-refractivity contribution in [3.63, 3.8) is 0 Å². The fraction of sp³-hybridized carbons (Fsp3) is 0.238. The Balaban J connectivity index is 1.65. The van der Waals surface area contributed by atoms with Gasteiger partial charge >= 0.3 is 0 Å². The number of benzene rings is 2. The molecule has 26 heavy (non-hydrogen) atoms. The van der Waals surface area contributed by atoms with E-state index in [0.29, 0.717) is 5.56 Å². The first-order chi connectivity index (χ1) is 12.4. The fourth-order valence-corrected chi connectivity index (χ4v) is 2.96. The largest absolute Gasteiger partial charge is 0.352 e. The van der Waals surface area contributed by atoms with Gasteiger partial charge in [-0.2, -0.15) is 0 Å². The Labute approximate surface area is 151 Å². The number of carbonyl (C=O) groups is 1. The van der Waals surface area contributed by atoms with E-state index in [2.05, 4.69) is 10.3 Å². The Hall–Kier alpha value is -2.95. The zero-order valence-corrected chi connectivity index (χ0v) is 14.8. The lowest BCUT2D eigenvalue weighted by Gasteiger charge is -2.12. The van der Waals surface area contributed by atoms with E-state index in [1.165, 1.54) is 12.1 Å². The number of rotatable bonds is 5. The normalized spacial score (nSPS) is 12.1. The summed E-state index contributed by atoms with van der Waals surface area (Å²) in [6, 6.07) is 13.8. The van der Waals surface area contributed by atoms with Crippen LogP contribution in [-0.2, 0) is 11.3 Å². The third-order valence-corrected chi connectivity index (χ3v) is 4.48. The summed E-state index contributed by atoms with van der Waals surface area (Å²) < 4.78 is 13.0. The SMILES string of the molecule is Cc1ccc2[nH]c(=O)c(CNC(=O)CC(C)c3ccc(F)cc3)cc2c1. The molecule has 0 saturated heterocycles. The number of H-pyrrole nitrogens is 1. The maximum absolute atomic E-state index is 13.0. The predicted octanol–water partition coefficient (Wildman–Crippen LogP) is 3.79. The number of hydrogen-bond acceptors (Lipinski definition) is 2. The summed E-state index contributed by atoms with van der Waals surface area (Å²) in [4.78, 5) is 27.2. The van der Waals surface area contributed by atoms with Crippen LogP contribution in [0.15, 0.2) is 53.3 Å². The van der Waals surface area contributed by atoms with Gasteiger partial charge in [-0.05, 0) is 54.1 Å². The smallest absolute Gasteiger partial charge is 0.253 e. The van der Waals surface area contributed by atoms with Crippen LogP contribution < -0.4 is 10.9 Å². The van der Waals surface area contributed by atoms with Crippen LogP contribution in [0.3, 0.4) is 0 Å². The van der Waals surface area contributed by atoms with Crippen molar-refractivity contribution >= 4 is 16.8 Å². The van der Waals surface area contributed by atoms with E-state index >= 15 is 0 Å². The van der Waals surface area contributed by atoms with E-state index in [0.717, 1.165) is 22.0 Å². The summed E-state index contributed by atoms with van der Waals surface area (Å²) in [6.07, 6.45) is 0.274. The summed E-state index contributed by atoms with van der Waals surface area (Å²) in [5.74, 6) is -0.477. The average molecular weight is 352 g/mol. The van der Waals surface area contributed by atoms with E-state index in [1.807, 2.05) is 38.1 Å². The third kappa shape index (κ3) is 4.17. The fourth-order valence-electron chi connectivity index (χ4n) is 2.96. The lowest BCUT2D eigenvalue weighted by molar-refractivity contribution is -0.121. The van der Waals surface area contributed by atoms with Crippen molar-refractivity contribution in [2.45, 2.75) is 32.7 Å². The average Bonchev–Trinajstić information content (AvgIpc) is 2.60. The van der Waals surface area contributed by atoms with Gasteiger partial charge in [0.1, 0.15) is 5.82 Å². The molecule has 0 saturated carbocycles. The third-order valence-electron chi connectivity index (χ3n) is 4.48. The van der Waals surface area contributed by atoms with Crippen LogP contribution in [0.5, 0.6) is 0 Å². The molecule has 4 nitrogen and oxygen atoms in total. The topological polar surface area (TPSA) is 62.0 Å². The van der Waals surface area contributed by atoms with E-state index in [-0.39, 0.29) is 36.2 Å². The van der Waals surface area contributed by atoms with E-state index < -0.39 is 0 Å². The summed E-state index contributed by atoms with van der Waals surface area (Å²) in [5, 5.41) is 3.74. The van der Waals surface area contributed by atoms with Gasteiger partial charge in [0.05, 0.1) is 0 Å². The molecule has 0 aliphatic rings. The Morgan fingerprint density at radius 2 is 1.88 bits per heavy atom. The van der Waals surface area contributed by atoms with Gasteiger partial charge in [0, 0.05) is 24.0 Å². The quantitative estimate of drug-likeness (QED) is 0.734. The van der Waals surface area contributed by atoms with Gasteiger partial charge in [0.15, 0.2) is 0 Å². The number of nitrogens with one attached hydrogen (secondary N) is 2. The van der Waals surface area contributed by atoms with E-state index in [4.69, 9.17) is 0 Å². The maximum Gasteiger partial charge on any atom is 0.253 e. The Morgan fingerprint density at radius 1 is 1.15 bits per heavy atom. The van der Waals surface area contributed by atoms with Gasteiger partial charge in [-0.15, -0.1) is 0 Å². The van der Waals surface area contributed by atoms with Gasteiger partial charge in [0.2, 0.25) is 5.91 Å².